The van der Waals surface area contributed by atoms with Crippen molar-refractivity contribution < 1.29 is 20.1 Å². The summed E-state index contributed by atoms with van der Waals surface area (Å²) in [6, 6.07) is 10.0. The third-order valence-electron chi connectivity index (χ3n) is 3.77. The van der Waals surface area contributed by atoms with Crippen molar-refractivity contribution in [2.45, 2.75) is 10.8 Å². The zero-order chi connectivity index (χ0) is 18.1. The number of aromatic nitrogens is 2. The number of carbonyl (C=O) groups excluding carboxylic acids is 1. The molecule has 4 N–H and O–H groups in total. The lowest BCUT2D eigenvalue weighted by atomic mass is 10.1. The van der Waals surface area contributed by atoms with Crippen molar-refractivity contribution in [3.63, 3.8) is 0 Å². The molecule has 0 amide bonds. The molecule has 0 saturated carbocycles. The number of hydrogen-bond donors (Lipinski definition) is 4. The fourth-order valence-electron chi connectivity index (χ4n) is 2.41. The van der Waals surface area contributed by atoms with Crippen LogP contribution in [0.3, 0.4) is 0 Å². The average molecular weight is 450 g/mol. The van der Waals surface area contributed by atoms with E-state index in [1.165, 1.54) is 6.20 Å². The van der Waals surface area contributed by atoms with Crippen molar-refractivity contribution in [2.75, 3.05) is 0 Å². The average Bonchev–Trinajstić information content (AvgIpc) is 3.08. The third-order valence-corrected chi connectivity index (χ3v) is 4.49. The minimum Gasteiger partial charge on any atom is -0.504 e. The number of imidazole rings is 1. The smallest absolute Gasteiger partial charge is 0.211 e. The maximum atomic E-state index is 12.5. The Morgan fingerprint density at radius 2 is 1.84 bits per heavy atom. The predicted octanol–water partition coefficient (Wildman–Crippen LogP) is 3.92. The molecule has 25 heavy (non-hydrogen) atoms. The molecule has 6 nitrogen and oxygen atoms in total. The molecule has 0 spiro atoms. The molecule has 0 aliphatic heterocycles. The van der Waals surface area contributed by atoms with Crippen molar-refractivity contribution in [1.82, 2.24) is 9.97 Å². The highest BCUT2D eigenvalue weighted by molar-refractivity contribution is 14.1. The number of aromatic amines is 1. The van der Waals surface area contributed by atoms with Gasteiger partial charge < -0.3 is 20.3 Å². The summed E-state index contributed by atoms with van der Waals surface area (Å²) in [6.45, 7) is 2.08. The van der Waals surface area contributed by atoms with Gasteiger partial charge in [0.2, 0.25) is 5.78 Å². The Morgan fingerprint density at radius 3 is 2.48 bits per heavy atom. The summed E-state index contributed by atoms with van der Waals surface area (Å²) in [7, 11) is 0. The van der Waals surface area contributed by atoms with Crippen LogP contribution in [0.15, 0.2) is 42.6 Å². The molecule has 1 aromatic heterocycles. The molecule has 3 aromatic rings. The van der Waals surface area contributed by atoms with Gasteiger partial charge in [0.05, 0.1) is 6.20 Å². The zero-order valence-corrected chi connectivity index (χ0v) is 15.4. The summed E-state index contributed by atoms with van der Waals surface area (Å²) in [5.41, 5.74) is 2.26. The molecule has 0 aliphatic rings. The van der Waals surface area contributed by atoms with E-state index in [0.717, 1.165) is 23.3 Å². The maximum Gasteiger partial charge on any atom is 0.211 e. The number of alkyl halides is 1. The van der Waals surface area contributed by atoms with Crippen molar-refractivity contribution in [3.05, 3.63) is 59.4 Å². The maximum absolute atomic E-state index is 12.5. The van der Waals surface area contributed by atoms with E-state index >= 15 is 0 Å². The number of benzene rings is 2. The molecule has 0 aliphatic carbocycles. The number of hydrogen-bond acceptors (Lipinski definition) is 5. The second-order valence-electron chi connectivity index (χ2n) is 5.58. The standard InChI is InChI=1S/C18H15IN2O4/c1-9(19)10-3-2-4-11(5-10)18-20-8-13(21-18)16(24)12-6-14(22)17(25)15(23)7-12/h2-9,22-23,25H,1H3,(H,20,21). The van der Waals surface area contributed by atoms with Crippen LogP contribution < -0.4 is 0 Å². The Hall–Kier alpha value is -2.55. The number of halogens is 1. The summed E-state index contributed by atoms with van der Waals surface area (Å²) in [5.74, 6) is -1.69. The van der Waals surface area contributed by atoms with Crippen molar-refractivity contribution in [1.29, 1.82) is 0 Å². The first-order chi connectivity index (χ1) is 11.9. The molecular formula is C18H15IN2O4. The third kappa shape index (κ3) is 3.46. The van der Waals surface area contributed by atoms with Gasteiger partial charge in [-0.2, -0.15) is 0 Å². The van der Waals surface area contributed by atoms with Crippen molar-refractivity contribution >= 4 is 28.4 Å². The molecule has 1 heterocycles. The number of ketones is 1. The lowest BCUT2D eigenvalue weighted by molar-refractivity contribution is 0.103. The van der Waals surface area contributed by atoms with Gasteiger partial charge in [0, 0.05) is 15.1 Å². The summed E-state index contributed by atoms with van der Waals surface area (Å²) >= 11 is 2.32. The monoisotopic (exact) mass is 450 g/mol. The number of phenols is 3. The number of H-pyrrole nitrogens is 1. The van der Waals surface area contributed by atoms with Gasteiger partial charge in [-0.25, -0.2) is 4.98 Å². The molecule has 0 radical (unpaired) electrons. The van der Waals surface area contributed by atoms with Crippen molar-refractivity contribution in [2.24, 2.45) is 0 Å². The Morgan fingerprint density at radius 1 is 1.16 bits per heavy atom. The lowest BCUT2D eigenvalue weighted by Gasteiger charge is -2.05. The Balaban J connectivity index is 1.94. The van der Waals surface area contributed by atoms with Crippen LogP contribution in [0.5, 0.6) is 17.2 Å². The summed E-state index contributed by atoms with van der Waals surface area (Å²) in [5, 5.41) is 28.5. The molecular weight excluding hydrogens is 435 g/mol. The number of phenolic OH excluding ortho intramolecular Hbond substituents is 3. The van der Waals surface area contributed by atoms with E-state index in [0.29, 0.717) is 9.75 Å². The van der Waals surface area contributed by atoms with Gasteiger partial charge >= 0.3 is 0 Å². The Kier molecular flexibility index (Phi) is 4.67. The van der Waals surface area contributed by atoms with Crippen LogP contribution in [0, 0.1) is 0 Å². The van der Waals surface area contributed by atoms with Crippen LogP contribution >= 0.6 is 22.6 Å². The van der Waals surface area contributed by atoms with Gasteiger partial charge in [-0.1, -0.05) is 40.8 Å². The van der Waals surface area contributed by atoms with Gasteiger partial charge in [-0.15, -0.1) is 0 Å². The highest BCUT2D eigenvalue weighted by Gasteiger charge is 2.17. The minimum atomic E-state index is -0.661. The first-order valence-electron chi connectivity index (χ1n) is 7.46. The molecule has 7 heteroatoms. The fraction of sp³-hybridized carbons (Fsp3) is 0.111. The Bertz CT molecular complexity index is 927. The second kappa shape index (κ2) is 6.75. The largest absolute Gasteiger partial charge is 0.504 e. The molecule has 3 rings (SSSR count). The molecule has 1 unspecified atom stereocenters. The quantitative estimate of drug-likeness (QED) is 0.209. The first kappa shape index (κ1) is 17.3. The number of rotatable bonds is 4. The summed E-state index contributed by atoms with van der Waals surface area (Å²) < 4.78 is 0.344. The fourth-order valence-corrected chi connectivity index (χ4v) is 2.79. The van der Waals surface area contributed by atoms with Gasteiger partial charge in [-0.05, 0) is 30.7 Å². The van der Waals surface area contributed by atoms with E-state index in [-0.39, 0.29) is 11.3 Å². The van der Waals surface area contributed by atoms with Crippen LogP contribution in [-0.2, 0) is 0 Å². The number of carbonyl (C=O) groups is 1. The molecule has 2 aromatic carbocycles. The number of aromatic hydroxyl groups is 3. The van der Waals surface area contributed by atoms with Crippen LogP contribution in [0.1, 0.15) is 32.5 Å². The van der Waals surface area contributed by atoms with E-state index in [2.05, 4.69) is 39.5 Å². The van der Waals surface area contributed by atoms with Gasteiger partial charge in [0.25, 0.3) is 0 Å². The van der Waals surface area contributed by atoms with Crippen LogP contribution in [-0.4, -0.2) is 31.1 Å². The SMILES string of the molecule is CC(I)c1cccc(-c2ncc(C(=O)c3cc(O)c(O)c(O)c3)[nH]2)c1. The van der Waals surface area contributed by atoms with Gasteiger partial charge in [0.15, 0.2) is 17.2 Å². The molecule has 0 bridgehead atoms. The Labute approximate surface area is 157 Å². The van der Waals surface area contributed by atoms with Gasteiger partial charge in [-0.3, -0.25) is 4.79 Å². The predicted molar refractivity (Wildman–Crippen MR) is 101 cm³/mol. The van der Waals surface area contributed by atoms with E-state index in [9.17, 15) is 20.1 Å². The van der Waals surface area contributed by atoms with E-state index in [1.807, 2.05) is 24.3 Å². The molecule has 1 atom stereocenters. The first-order valence-corrected chi connectivity index (χ1v) is 8.70. The topological polar surface area (TPSA) is 106 Å². The lowest BCUT2D eigenvalue weighted by Crippen LogP contribution is -2.01. The normalized spacial score (nSPS) is 12.1. The van der Waals surface area contributed by atoms with Crippen molar-refractivity contribution in [3.8, 4) is 28.6 Å². The summed E-state index contributed by atoms with van der Waals surface area (Å²) in [6.07, 6.45) is 1.40. The number of nitrogens with one attached hydrogen (secondary N) is 1. The van der Waals surface area contributed by atoms with E-state index in [4.69, 9.17) is 0 Å². The van der Waals surface area contributed by atoms with Crippen LogP contribution in [0.4, 0.5) is 0 Å². The van der Waals surface area contributed by atoms with E-state index < -0.39 is 23.0 Å². The summed E-state index contributed by atoms with van der Waals surface area (Å²) in [4.78, 5) is 19.7. The van der Waals surface area contributed by atoms with E-state index in [1.54, 1.807) is 0 Å². The molecule has 0 fully saturated rings. The highest BCUT2D eigenvalue weighted by Crippen LogP contribution is 2.36. The molecule has 0 saturated heterocycles. The minimum absolute atomic E-state index is 0.0395. The van der Waals surface area contributed by atoms with Crippen LogP contribution in [0.25, 0.3) is 11.4 Å². The van der Waals surface area contributed by atoms with Crippen LogP contribution in [0.2, 0.25) is 0 Å². The second-order valence-corrected chi connectivity index (χ2v) is 7.45. The number of nitrogens with zero attached hydrogens (tertiary/aromatic N) is 1. The molecule has 128 valence electrons. The van der Waals surface area contributed by atoms with Gasteiger partial charge in [0.1, 0.15) is 11.5 Å². The zero-order valence-electron chi connectivity index (χ0n) is 13.2. The highest BCUT2D eigenvalue weighted by atomic mass is 127.